The lowest BCUT2D eigenvalue weighted by Crippen LogP contribution is -2.41. The Hall–Kier alpha value is -3.65. The third-order valence-corrected chi connectivity index (χ3v) is 4.15. The Kier molecular flexibility index (Phi) is 5.94. The first-order chi connectivity index (χ1) is 13.9. The Morgan fingerprint density at radius 1 is 1.07 bits per heavy atom. The van der Waals surface area contributed by atoms with Crippen LogP contribution in [0.5, 0.6) is 0 Å². The minimum Gasteiger partial charge on any atom is -0.449 e. The van der Waals surface area contributed by atoms with Gasteiger partial charge in [-0.2, -0.15) is 0 Å². The standard InChI is InChI=1S/C20H15ClN2O6/c1-22-20(27)23-18(25)17(11-5-3-2-4-6-11)29-19(26)16-10-14(24)13-9-12(21)7-8-15(13)28-16/h2-10,17H,1H3,(H2,22,23,25,27)/t17-/m0/s1. The molecule has 3 aromatic rings. The summed E-state index contributed by atoms with van der Waals surface area (Å²) in [6.07, 6.45) is -1.44. The maximum absolute atomic E-state index is 12.6. The summed E-state index contributed by atoms with van der Waals surface area (Å²) in [4.78, 5) is 48.8. The maximum Gasteiger partial charge on any atom is 0.375 e. The summed E-state index contributed by atoms with van der Waals surface area (Å²) in [5.74, 6) is -2.29. The van der Waals surface area contributed by atoms with Crippen LogP contribution < -0.4 is 16.1 Å². The summed E-state index contributed by atoms with van der Waals surface area (Å²) >= 11 is 5.87. The smallest absolute Gasteiger partial charge is 0.375 e. The van der Waals surface area contributed by atoms with Crippen LogP contribution in [0.2, 0.25) is 5.02 Å². The SMILES string of the molecule is CNC(=O)NC(=O)[C@@H](OC(=O)c1cc(=O)c2cc(Cl)ccc2o1)c1ccccc1. The number of fused-ring (bicyclic) bond motifs is 1. The molecule has 0 bridgehead atoms. The van der Waals surface area contributed by atoms with Crippen LogP contribution in [0.25, 0.3) is 11.0 Å². The average Bonchev–Trinajstić information content (AvgIpc) is 2.72. The van der Waals surface area contributed by atoms with Crippen molar-refractivity contribution in [1.29, 1.82) is 0 Å². The van der Waals surface area contributed by atoms with Gasteiger partial charge in [0.2, 0.25) is 11.9 Å². The highest BCUT2D eigenvalue weighted by atomic mass is 35.5. The first kappa shape index (κ1) is 20.1. The molecule has 0 saturated carbocycles. The predicted molar refractivity (Wildman–Crippen MR) is 105 cm³/mol. The molecule has 1 heterocycles. The van der Waals surface area contributed by atoms with Gasteiger partial charge in [0.1, 0.15) is 5.58 Å². The molecule has 0 aliphatic rings. The number of benzene rings is 2. The molecule has 1 aromatic heterocycles. The van der Waals surface area contributed by atoms with Crippen molar-refractivity contribution in [2.24, 2.45) is 0 Å². The van der Waals surface area contributed by atoms with Crippen molar-refractivity contribution in [2.75, 3.05) is 7.05 Å². The largest absolute Gasteiger partial charge is 0.449 e. The maximum atomic E-state index is 12.6. The van der Waals surface area contributed by atoms with E-state index in [-0.39, 0.29) is 11.0 Å². The van der Waals surface area contributed by atoms with Gasteiger partial charge in [-0.1, -0.05) is 41.9 Å². The van der Waals surface area contributed by atoms with Crippen LogP contribution in [0.15, 0.2) is 63.8 Å². The summed E-state index contributed by atoms with van der Waals surface area (Å²) in [5.41, 5.74) is -0.0242. The Morgan fingerprint density at radius 2 is 1.79 bits per heavy atom. The molecule has 8 nitrogen and oxygen atoms in total. The third kappa shape index (κ3) is 4.61. The zero-order valence-corrected chi connectivity index (χ0v) is 15.9. The number of imide groups is 1. The van der Waals surface area contributed by atoms with Crippen molar-refractivity contribution < 1.29 is 23.5 Å². The molecule has 0 aliphatic carbocycles. The zero-order chi connectivity index (χ0) is 21.0. The second-order valence-electron chi connectivity index (χ2n) is 5.88. The predicted octanol–water partition coefficient (Wildman–Crippen LogP) is 2.80. The third-order valence-electron chi connectivity index (χ3n) is 3.92. The lowest BCUT2D eigenvalue weighted by atomic mass is 10.1. The second kappa shape index (κ2) is 8.57. The van der Waals surface area contributed by atoms with E-state index < -0.39 is 35.2 Å². The molecule has 0 aliphatic heterocycles. The molecule has 0 unspecified atom stereocenters. The number of hydrogen-bond acceptors (Lipinski definition) is 6. The summed E-state index contributed by atoms with van der Waals surface area (Å²) in [6.45, 7) is 0. The van der Waals surface area contributed by atoms with Crippen molar-refractivity contribution >= 4 is 40.5 Å². The van der Waals surface area contributed by atoms with E-state index in [0.717, 1.165) is 6.07 Å². The fraction of sp³-hybridized carbons (Fsp3) is 0.100. The van der Waals surface area contributed by atoms with E-state index >= 15 is 0 Å². The van der Waals surface area contributed by atoms with Gasteiger partial charge in [0.15, 0.2) is 5.43 Å². The van der Waals surface area contributed by atoms with E-state index in [1.54, 1.807) is 30.3 Å². The Balaban J connectivity index is 1.93. The number of halogens is 1. The fourth-order valence-corrected chi connectivity index (χ4v) is 2.71. The molecule has 0 fully saturated rings. The monoisotopic (exact) mass is 414 g/mol. The average molecular weight is 415 g/mol. The molecule has 3 amide bonds. The molecule has 0 radical (unpaired) electrons. The topological polar surface area (TPSA) is 115 Å². The van der Waals surface area contributed by atoms with Crippen LogP contribution in [0.4, 0.5) is 4.79 Å². The molecule has 2 aromatic carbocycles. The van der Waals surface area contributed by atoms with Gasteiger partial charge < -0.3 is 14.5 Å². The molecule has 9 heteroatoms. The van der Waals surface area contributed by atoms with E-state index in [4.69, 9.17) is 20.8 Å². The van der Waals surface area contributed by atoms with Crippen molar-refractivity contribution in [2.45, 2.75) is 6.10 Å². The van der Waals surface area contributed by atoms with Gasteiger partial charge in [0.05, 0.1) is 5.39 Å². The van der Waals surface area contributed by atoms with E-state index in [1.807, 2.05) is 0 Å². The molecule has 148 valence electrons. The van der Waals surface area contributed by atoms with Gasteiger partial charge >= 0.3 is 12.0 Å². The van der Waals surface area contributed by atoms with Crippen LogP contribution in [0.1, 0.15) is 22.2 Å². The number of amides is 3. The Morgan fingerprint density at radius 3 is 2.48 bits per heavy atom. The van der Waals surface area contributed by atoms with Gasteiger partial charge in [0, 0.05) is 23.7 Å². The van der Waals surface area contributed by atoms with Crippen LogP contribution in [-0.4, -0.2) is 25.0 Å². The lowest BCUT2D eigenvalue weighted by Gasteiger charge is -2.17. The van der Waals surface area contributed by atoms with Crippen molar-refractivity contribution in [3.8, 4) is 0 Å². The lowest BCUT2D eigenvalue weighted by molar-refractivity contribution is -0.129. The normalized spacial score (nSPS) is 11.5. The van der Waals surface area contributed by atoms with Gasteiger partial charge in [-0.05, 0) is 18.2 Å². The van der Waals surface area contributed by atoms with Crippen molar-refractivity contribution in [3.63, 3.8) is 0 Å². The van der Waals surface area contributed by atoms with Gasteiger partial charge in [-0.3, -0.25) is 14.9 Å². The summed E-state index contributed by atoms with van der Waals surface area (Å²) in [6, 6.07) is 12.7. The molecular weight excluding hydrogens is 400 g/mol. The summed E-state index contributed by atoms with van der Waals surface area (Å²) in [5, 5.41) is 4.84. The van der Waals surface area contributed by atoms with Crippen LogP contribution in [0.3, 0.4) is 0 Å². The molecule has 3 rings (SSSR count). The number of rotatable bonds is 4. The molecule has 2 N–H and O–H groups in total. The van der Waals surface area contributed by atoms with Crippen LogP contribution >= 0.6 is 11.6 Å². The highest BCUT2D eigenvalue weighted by molar-refractivity contribution is 6.31. The fourth-order valence-electron chi connectivity index (χ4n) is 2.53. The zero-order valence-electron chi connectivity index (χ0n) is 15.1. The molecular formula is C20H15ClN2O6. The first-order valence-corrected chi connectivity index (χ1v) is 8.78. The minimum absolute atomic E-state index is 0.139. The summed E-state index contributed by atoms with van der Waals surface area (Å²) < 4.78 is 10.7. The van der Waals surface area contributed by atoms with Crippen LogP contribution in [0, 0.1) is 0 Å². The second-order valence-corrected chi connectivity index (χ2v) is 6.32. The molecule has 0 saturated heterocycles. The highest BCUT2D eigenvalue weighted by Gasteiger charge is 2.28. The minimum atomic E-state index is -1.44. The Labute approximate surface area is 169 Å². The molecule has 29 heavy (non-hydrogen) atoms. The van der Waals surface area contributed by atoms with E-state index in [1.165, 1.54) is 25.2 Å². The quantitative estimate of drug-likeness (QED) is 0.634. The van der Waals surface area contributed by atoms with Gasteiger partial charge in [-0.15, -0.1) is 0 Å². The van der Waals surface area contributed by atoms with Crippen molar-refractivity contribution in [1.82, 2.24) is 10.6 Å². The van der Waals surface area contributed by atoms with E-state index in [0.29, 0.717) is 10.6 Å². The van der Waals surface area contributed by atoms with Gasteiger partial charge in [0.25, 0.3) is 5.91 Å². The van der Waals surface area contributed by atoms with Crippen LogP contribution in [-0.2, 0) is 9.53 Å². The van der Waals surface area contributed by atoms with E-state index in [9.17, 15) is 19.2 Å². The van der Waals surface area contributed by atoms with Crippen molar-refractivity contribution in [3.05, 3.63) is 81.2 Å². The molecule has 0 spiro atoms. The number of ether oxygens (including phenoxy) is 1. The highest BCUT2D eigenvalue weighted by Crippen LogP contribution is 2.22. The number of nitrogens with one attached hydrogen (secondary N) is 2. The summed E-state index contributed by atoms with van der Waals surface area (Å²) in [7, 11) is 1.34. The molecule has 1 atom stereocenters. The van der Waals surface area contributed by atoms with E-state index in [2.05, 4.69) is 10.6 Å². The number of esters is 1. The Bertz CT molecular complexity index is 1140. The number of hydrogen-bond donors (Lipinski definition) is 2. The van der Waals surface area contributed by atoms with Gasteiger partial charge in [-0.25, -0.2) is 9.59 Å². The first-order valence-electron chi connectivity index (χ1n) is 8.41. The number of carbonyl (C=O) groups is 3. The number of carbonyl (C=O) groups excluding carboxylic acids is 3. The number of urea groups is 1.